The van der Waals surface area contributed by atoms with Crippen molar-refractivity contribution in [3.8, 4) is 0 Å². The molecule has 2 aromatic heterocycles. The van der Waals surface area contributed by atoms with Crippen LogP contribution >= 0.6 is 0 Å². The van der Waals surface area contributed by atoms with E-state index >= 15 is 0 Å². The van der Waals surface area contributed by atoms with Gasteiger partial charge in [0.05, 0.1) is 5.69 Å². The van der Waals surface area contributed by atoms with Crippen LogP contribution in [-0.4, -0.2) is 22.5 Å². The molecule has 0 aliphatic carbocycles. The normalized spacial score (nSPS) is 10.4. The van der Waals surface area contributed by atoms with Crippen molar-refractivity contribution in [3.05, 3.63) is 42.4 Å². The zero-order valence-electron chi connectivity index (χ0n) is 11.2. The summed E-state index contributed by atoms with van der Waals surface area (Å²) in [5.41, 5.74) is 6.97. The van der Waals surface area contributed by atoms with Gasteiger partial charge in [0, 0.05) is 26.0 Å². The van der Waals surface area contributed by atoms with Crippen LogP contribution in [0.2, 0.25) is 0 Å². The number of hydrogen-bond acceptors (Lipinski definition) is 3. The second kappa shape index (κ2) is 5.56. The molecule has 2 rings (SSSR count). The third-order valence-corrected chi connectivity index (χ3v) is 2.90. The number of rotatable bonds is 4. The highest BCUT2D eigenvalue weighted by molar-refractivity contribution is 6.04. The van der Waals surface area contributed by atoms with Crippen molar-refractivity contribution >= 4 is 17.4 Å². The average molecular weight is 258 g/mol. The summed E-state index contributed by atoms with van der Waals surface area (Å²) in [5.74, 6) is 0.513. The van der Waals surface area contributed by atoms with Gasteiger partial charge in [-0.05, 0) is 24.6 Å². The molecule has 0 unspecified atom stereocenters. The van der Waals surface area contributed by atoms with E-state index in [1.165, 1.54) is 4.90 Å². The minimum absolute atomic E-state index is 0.108. The average Bonchev–Trinajstić information content (AvgIpc) is 2.79. The van der Waals surface area contributed by atoms with Gasteiger partial charge < -0.3 is 10.3 Å². The van der Waals surface area contributed by atoms with Gasteiger partial charge in [-0.25, -0.2) is 4.98 Å². The van der Waals surface area contributed by atoms with Crippen LogP contribution in [0, 0.1) is 0 Å². The lowest BCUT2D eigenvalue weighted by Gasteiger charge is -2.17. The smallest absolute Gasteiger partial charge is 0.275 e. The number of hydrogen-bond donors (Lipinski definition) is 1. The fourth-order valence-corrected chi connectivity index (χ4v) is 1.97. The zero-order valence-corrected chi connectivity index (χ0v) is 11.2. The molecule has 0 saturated carbocycles. The van der Waals surface area contributed by atoms with E-state index in [9.17, 15) is 4.79 Å². The summed E-state index contributed by atoms with van der Waals surface area (Å²) in [6.45, 7) is 2.83. The Balaban J connectivity index is 2.29. The van der Waals surface area contributed by atoms with Crippen LogP contribution < -0.4 is 10.6 Å². The number of anilines is 2. The number of nitrogens with zero attached hydrogens (tertiary/aromatic N) is 3. The Bertz CT molecular complexity index is 562. The number of carbonyl (C=O) groups excluding carboxylic acids is 1. The fraction of sp³-hybridized carbons (Fsp3) is 0.286. The van der Waals surface area contributed by atoms with Crippen LogP contribution in [0.5, 0.6) is 0 Å². The third kappa shape index (κ3) is 2.76. The molecule has 0 bridgehead atoms. The van der Waals surface area contributed by atoms with Gasteiger partial charge >= 0.3 is 0 Å². The van der Waals surface area contributed by atoms with Crippen LogP contribution in [0.4, 0.5) is 11.5 Å². The topological polar surface area (TPSA) is 64.2 Å². The van der Waals surface area contributed by atoms with Crippen LogP contribution in [-0.2, 0) is 6.54 Å². The molecule has 2 aromatic rings. The van der Waals surface area contributed by atoms with E-state index in [2.05, 4.69) is 11.9 Å². The van der Waals surface area contributed by atoms with Crippen molar-refractivity contribution in [1.29, 1.82) is 0 Å². The maximum Gasteiger partial charge on any atom is 0.275 e. The second-order valence-electron chi connectivity index (χ2n) is 4.40. The van der Waals surface area contributed by atoms with Crippen molar-refractivity contribution in [2.45, 2.75) is 19.9 Å². The lowest BCUT2D eigenvalue weighted by molar-refractivity contribution is 0.0983. The quantitative estimate of drug-likeness (QED) is 0.914. The minimum Gasteiger partial charge on any atom is -0.397 e. The molecule has 19 heavy (non-hydrogen) atoms. The van der Waals surface area contributed by atoms with Crippen molar-refractivity contribution in [2.75, 3.05) is 17.7 Å². The van der Waals surface area contributed by atoms with E-state index in [1.807, 2.05) is 16.7 Å². The lowest BCUT2D eigenvalue weighted by atomic mass is 10.3. The maximum atomic E-state index is 12.5. The molecular formula is C14H18N4O. The van der Waals surface area contributed by atoms with Gasteiger partial charge in [-0.15, -0.1) is 0 Å². The Hall–Kier alpha value is -2.30. The Morgan fingerprint density at radius 1 is 1.47 bits per heavy atom. The van der Waals surface area contributed by atoms with Crippen molar-refractivity contribution < 1.29 is 4.79 Å². The fourth-order valence-electron chi connectivity index (χ4n) is 1.97. The summed E-state index contributed by atoms with van der Waals surface area (Å²) in [5, 5.41) is 0. The molecule has 2 N–H and O–H groups in total. The van der Waals surface area contributed by atoms with Crippen LogP contribution in [0.1, 0.15) is 23.8 Å². The highest BCUT2D eigenvalue weighted by atomic mass is 16.2. The number of aromatic nitrogens is 2. The van der Waals surface area contributed by atoms with Crippen molar-refractivity contribution in [2.24, 2.45) is 0 Å². The first kappa shape index (κ1) is 13.1. The largest absolute Gasteiger partial charge is 0.397 e. The standard InChI is InChI=1S/C14H18N4O/c1-3-8-18-10-11(15)9-12(18)14(19)17(2)13-6-4-5-7-16-13/h4-7,9-10H,3,8,15H2,1-2H3. The van der Waals surface area contributed by atoms with Crippen LogP contribution in [0.3, 0.4) is 0 Å². The summed E-state index contributed by atoms with van der Waals surface area (Å²) in [6, 6.07) is 7.18. The first-order valence-corrected chi connectivity index (χ1v) is 6.28. The molecule has 0 spiro atoms. The van der Waals surface area contributed by atoms with Gasteiger partial charge in [-0.2, -0.15) is 0 Å². The molecular weight excluding hydrogens is 240 g/mol. The second-order valence-corrected chi connectivity index (χ2v) is 4.40. The summed E-state index contributed by atoms with van der Waals surface area (Å²) in [4.78, 5) is 18.2. The maximum absolute atomic E-state index is 12.5. The van der Waals surface area contributed by atoms with E-state index < -0.39 is 0 Å². The van der Waals surface area contributed by atoms with Crippen LogP contribution in [0.25, 0.3) is 0 Å². The molecule has 0 atom stereocenters. The Labute approximate surface area is 112 Å². The summed E-state index contributed by atoms with van der Waals surface area (Å²) in [6.07, 6.45) is 4.41. The van der Waals surface area contributed by atoms with Gasteiger partial charge in [0.15, 0.2) is 0 Å². The molecule has 0 fully saturated rings. The number of aryl methyl sites for hydroxylation is 1. The summed E-state index contributed by atoms with van der Waals surface area (Å²) >= 11 is 0. The molecule has 5 heteroatoms. The van der Waals surface area contributed by atoms with Gasteiger partial charge in [0.2, 0.25) is 0 Å². The van der Waals surface area contributed by atoms with Crippen molar-refractivity contribution in [1.82, 2.24) is 9.55 Å². The number of nitrogens with two attached hydrogens (primary N) is 1. The Kier molecular flexibility index (Phi) is 3.85. The zero-order chi connectivity index (χ0) is 13.8. The molecule has 0 radical (unpaired) electrons. The predicted molar refractivity (Wildman–Crippen MR) is 76.1 cm³/mol. The van der Waals surface area contributed by atoms with Crippen molar-refractivity contribution in [3.63, 3.8) is 0 Å². The molecule has 5 nitrogen and oxygen atoms in total. The third-order valence-electron chi connectivity index (χ3n) is 2.90. The first-order chi connectivity index (χ1) is 9.13. The molecule has 0 aliphatic rings. The molecule has 0 aliphatic heterocycles. The van der Waals surface area contributed by atoms with Gasteiger partial charge in [0.1, 0.15) is 11.5 Å². The number of pyridine rings is 1. The van der Waals surface area contributed by atoms with E-state index in [0.29, 0.717) is 17.2 Å². The van der Waals surface area contributed by atoms with Gasteiger partial charge in [-0.3, -0.25) is 9.69 Å². The predicted octanol–water partition coefficient (Wildman–Crippen LogP) is 2.15. The van der Waals surface area contributed by atoms with E-state index in [4.69, 9.17) is 5.73 Å². The van der Waals surface area contributed by atoms with Gasteiger partial charge in [0.25, 0.3) is 5.91 Å². The Morgan fingerprint density at radius 3 is 2.89 bits per heavy atom. The molecule has 0 saturated heterocycles. The SMILES string of the molecule is CCCn1cc(N)cc1C(=O)N(C)c1ccccn1. The van der Waals surface area contributed by atoms with E-state index in [0.717, 1.165) is 13.0 Å². The minimum atomic E-state index is -0.108. The lowest BCUT2D eigenvalue weighted by Crippen LogP contribution is -2.29. The molecule has 0 aromatic carbocycles. The highest BCUT2D eigenvalue weighted by Crippen LogP contribution is 2.16. The summed E-state index contributed by atoms with van der Waals surface area (Å²) in [7, 11) is 1.71. The van der Waals surface area contributed by atoms with E-state index in [-0.39, 0.29) is 5.91 Å². The summed E-state index contributed by atoms with van der Waals surface area (Å²) < 4.78 is 1.89. The number of nitrogen functional groups attached to an aromatic ring is 1. The Morgan fingerprint density at radius 2 is 2.26 bits per heavy atom. The van der Waals surface area contributed by atoms with Crippen LogP contribution in [0.15, 0.2) is 36.7 Å². The monoisotopic (exact) mass is 258 g/mol. The van der Waals surface area contributed by atoms with Gasteiger partial charge in [-0.1, -0.05) is 13.0 Å². The highest BCUT2D eigenvalue weighted by Gasteiger charge is 2.18. The molecule has 100 valence electrons. The molecule has 1 amide bonds. The first-order valence-electron chi connectivity index (χ1n) is 6.28. The molecule has 2 heterocycles. The number of carbonyl (C=O) groups is 1. The van der Waals surface area contributed by atoms with E-state index in [1.54, 1.807) is 31.6 Å². The number of amides is 1.